The first-order chi connectivity index (χ1) is 16.6. The average Bonchev–Trinajstić information content (AvgIpc) is 2.87. The molecule has 0 atom stereocenters. The van der Waals surface area contributed by atoms with Gasteiger partial charge in [-0.1, -0.05) is 54.2 Å². The van der Waals surface area contributed by atoms with Crippen molar-refractivity contribution in [1.29, 1.82) is 5.26 Å². The van der Waals surface area contributed by atoms with Crippen LogP contribution in [-0.4, -0.2) is 23.8 Å². The molecule has 0 unspecified atom stereocenters. The third-order valence-corrected chi connectivity index (χ3v) is 6.19. The molecule has 0 saturated heterocycles. The largest absolute Gasteiger partial charge is 0.497 e. The molecule has 0 aliphatic carbocycles. The number of benzene rings is 3. The van der Waals surface area contributed by atoms with Crippen molar-refractivity contribution in [1.82, 2.24) is 4.98 Å². The molecule has 1 aromatic heterocycles. The second-order valence-electron chi connectivity index (χ2n) is 7.65. The zero-order chi connectivity index (χ0) is 23.9. The lowest BCUT2D eigenvalue weighted by molar-refractivity contribution is -0.113. The van der Waals surface area contributed by atoms with Gasteiger partial charge in [-0.25, -0.2) is 4.98 Å². The lowest BCUT2D eigenvalue weighted by atomic mass is 9.99. The second kappa shape index (κ2) is 10.7. The molecule has 0 radical (unpaired) electrons. The third-order valence-electron chi connectivity index (χ3n) is 5.21. The van der Waals surface area contributed by atoms with Crippen LogP contribution in [0.2, 0.25) is 0 Å². The van der Waals surface area contributed by atoms with E-state index in [2.05, 4.69) is 11.4 Å². The monoisotopic (exact) mass is 465 g/mol. The molecule has 0 fully saturated rings. The molecule has 34 heavy (non-hydrogen) atoms. The first-order valence-electron chi connectivity index (χ1n) is 10.7. The number of methoxy groups -OCH3 is 1. The Hall–Kier alpha value is -4.08. The van der Waals surface area contributed by atoms with Crippen LogP contribution in [-0.2, 0) is 4.79 Å². The van der Waals surface area contributed by atoms with E-state index in [-0.39, 0.29) is 11.7 Å². The summed E-state index contributed by atoms with van der Waals surface area (Å²) >= 11 is 1.26. The Balaban J connectivity index is 1.68. The van der Waals surface area contributed by atoms with Gasteiger partial charge in [-0.15, -0.1) is 0 Å². The van der Waals surface area contributed by atoms with Crippen molar-refractivity contribution in [2.24, 2.45) is 0 Å². The van der Waals surface area contributed by atoms with Gasteiger partial charge in [0.05, 0.1) is 24.1 Å². The highest BCUT2D eigenvalue weighted by Crippen LogP contribution is 2.34. The van der Waals surface area contributed by atoms with Gasteiger partial charge in [0.15, 0.2) is 0 Å². The van der Waals surface area contributed by atoms with Gasteiger partial charge >= 0.3 is 0 Å². The molecule has 3 aromatic carbocycles. The van der Waals surface area contributed by atoms with Crippen molar-refractivity contribution in [3.05, 3.63) is 96.1 Å². The van der Waals surface area contributed by atoms with Crippen LogP contribution in [0.4, 0.5) is 5.69 Å². The number of pyridine rings is 1. The number of hydrogen-bond acceptors (Lipinski definition) is 5. The number of rotatable bonds is 7. The minimum atomic E-state index is -0.155. The fourth-order valence-electron chi connectivity index (χ4n) is 3.54. The summed E-state index contributed by atoms with van der Waals surface area (Å²) in [5.74, 6) is 0.733. The molecule has 0 spiro atoms. The quantitative estimate of drug-likeness (QED) is 0.323. The Kier molecular flexibility index (Phi) is 7.26. The molecule has 1 heterocycles. The topological polar surface area (TPSA) is 75.0 Å². The van der Waals surface area contributed by atoms with Crippen LogP contribution >= 0.6 is 11.8 Å². The molecule has 6 heteroatoms. The van der Waals surface area contributed by atoms with Crippen LogP contribution in [0.15, 0.2) is 90.0 Å². The zero-order valence-corrected chi connectivity index (χ0v) is 19.7. The van der Waals surface area contributed by atoms with Crippen molar-refractivity contribution in [2.75, 3.05) is 18.2 Å². The van der Waals surface area contributed by atoms with Crippen LogP contribution in [0.25, 0.3) is 22.4 Å². The Labute approximate surface area is 203 Å². The number of carbonyl (C=O) groups is 1. The highest BCUT2D eigenvalue weighted by Gasteiger charge is 2.17. The van der Waals surface area contributed by atoms with Gasteiger partial charge < -0.3 is 10.1 Å². The zero-order valence-electron chi connectivity index (χ0n) is 18.9. The van der Waals surface area contributed by atoms with Gasteiger partial charge in [-0.2, -0.15) is 5.26 Å². The lowest BCUT2D eigenvalue weighted by Crippen LogP contribution is -2.14. The van der Waals surface area contributed by atoms with E-state index < -0.39 is 0 Å². The summed E-state index contributed by atoms with van der Waals surface area (Å²) in [6, 6.07) is 29.2. The number of nitrogens with zero attached hydrogens (tertiary/aromatic N) is 2. The summed E-state index contributed by atoms with van der Waals surface area (Å²) in [6.45, 7) is 1.98. The lowest BCUT2D eigenvalue weighted by Gasteiger charge is -2.13. The van der Waals surface area contributed by atoms with E-state index in [1.165, 1.54) is 11.8 Å². The fourth-order valence-corrected chi connectivity index (χ4v) is 4.35. The van der Waals surface area contributed by atoms with E-state index in [9.17, 15) is 10.1 Å². The van der Waals surface area contributed by atoms with Crippen LogP contribution in [0.3, 0.4) is 0 Å². The summed E-state index contributed by atoms with van der Waals surface area (Å²) < 4.78 is 5.27. The number of nitrogens with one attached hydrogen (secondary N) is 1. The van der Waals surface area contributed by atoms with Gasteiger partial charge in [0.2, 0.25) is 5.91 Å². The Bertz CT molecular complexity index is 1350. The maximum Gasteiger partial charge on any atom is 0.234 e. The predicted octanol–water partition coefficient (Wildman–Crippen LogP) is 6.34. The summed E-state index contributed by atoms with van der Waals surface area (Å²) in [4.78, 5) is 17.4. The standard InChI is InChI=1S/C28H23N3O2S/c1-19-7-6-10-22(15-19)30-27(32)18-34-28-25(17-29)24(20-8-4-3-5-9-20)16-26(31-28)21-11-13-23(33-2)14-12-21/h3-16H,18H2,1-2H3,(H,30,32). The average molecular weight is 466 g/mol. The van der Waals surface area contributed by atoms with Crippen molar-refractivity contribution < 1.29 is 9.53 Å². The Morgan fingerprint density at radius 1 is 1.00 bits per heavy atom. The van der Waals surface area contributed by atoms with Crippen molar-refractivity contribution in [2.45, 2.75) is 11.9 Å². The normalized spacial score (nSPS) is 10.4. The SMILES string of the molecule is COc1ccc(-c2cc(-c3ccccc3)c(C#N)c(SCC(=O)Nc3cccc(C)c3)n2)cc1. The highest BCUT2D eigenvalue weighted by atomic mass is 32.2. The predicted molar refractivity (Wildman–Crippen MR) is 137 cm³/mol. The first-order valence-corrected chi connectivity index (χ1v) is 11.7. The summed E-state index contributed by atoms with van der Waals surface area (Å²) in [6.07, 6.45) is 0. The molecule has 0 aliphatic rings. The van der Waals surface area contributed by atoms with Crippen LogP contribution < -0.4 is 10.1 Å². The van der Waals surface area contributed by atoms with Gasteiger partial charge in [0, 0.05) is 16.8 Å². The molecule has 1 amide bonds. The summed E-state index contributed by atoms with van der Waals surface area (Å²) in [5, 5.41) is 13.4. The van der Waals surface area contributed by atoms with E-state index >= 15 is 0 Å². The number of amides is 1. The Morgan fingerprint density at radius 3 is 2.44 bits per heavy atom. The maximum absolute atomic E-state index is 12.6. The number of thioether (sulfide) groups is 1. The van der Waals surface area contributed by atoms with Crippen molar-refractivity contribution >= 4 is 23.4 Å². The number of carbonyl (C=O) groups excluding carboxylic acids is 1. The molecule has 4 aromatic rings. The smallest absolute Gasteiger partial charge is 0.234 e. The minimum Gasteiger partial charge on any atom is -0.497 e. The maximum atomic E-state index is 12.6. The van der Waals surface area contributed by atoms with Crippen LogP contribution in [0, 0.1) is 18.3 Å². The Morgan fingerprint density at radius 2 is 1.76 bits per heavy atom. The van der Waals surface area contributed by atoms with Gasteiger partial charge in [-0.05, 0) is 60.5 Å². The number of nitriles is 1. The van der Waals surface area contributed by atoms with Gasteiger partial charge in [0.1, 0.15) is 16.8 Å². The number of aryl methyl sites for hydroxylation is 1. The molecule has 0 aliphatic heterocycles. The molecule has 0 saturated carbocycles. The molecule has 1 N–H and O–H groups in total. The summed E-state index contributed by atoms with van der Waals surface area (Å²) in [5.41, 5.74) is 5.59. The molecule has 4 rings (SSSR count). The van der Waals surface area contributed by atoms with E-state index in [1.807, 2.05) is 91.9 Å². The highest BCUT2D eigenvalue weighted by molar-refractivity contribution is 8.00. The van der Waals surface area contributed by atoms with Crippen molar-refractivity contribution in [3.8, 4) is 34.2 Å². The third kappa shape index (κ3) is 5.45. The van der Waals surface area contributed by atoms with E-state index in [1.54, 1.807) is 7.11 Å². The summed E-state index contributed by atoms with van der Waals surface area (Å²) in [7, 11) is 1.62. The van der Waals surface area contributed by atoms with Crippen LogP contribution in [0.1, 0.15) is 11.1 Å². The fraction of sp³-hybridized carbons (Fsp3) is 0.107. The van der Waals surface area contributed by atoms with E-state index in [0.29, 0.717) is 10.6 Å². The number of aromatic nitrogens is 1. The van der Waals surface area contributed by atoms with E-state index in [4.69, 9.17) is 9.72 Å². The van der Waals surface area contributed by atoms with Crippen LogP contribution in [0.5, 0.6) is 5.75 Å². The first kappa shape index (κ1) is 23.1. The number of hydrogen-bond donors (Lipinski definition) is 1. The minimum absolute atomic E-state index is 0.135. The van der Waals surface area contributed by atoms with Gasteiger partial charge in [0.25, 0.3) is 0 Å². The number of ether oxygens (including phenoxy) is 1. The number of anilines is 1. The molecule has 5 nitrogen and oxygen atoms in total. The molecule has 0 bridgehead atoms. The molecular formula is C28H23N3O2S. The van der Waals surface area contributed by atoms with Crippen molar-refractivity contribution in [3.63, 3.8) is 0 Å². The molecule has 168 valence electrons. The van der Waals surface area contributed by atoms with E-state index in [0.717, 1.165) is 39.4 Å². The second-order valence-corrected chi connectivity index (χ2v) is 8.61. The van der Waals surface area contributed by atoms with Gasteiger partial charge in [-0.3, -0.25) is 4.79 Å². The molecular weight excluding hydrogens is 442 g/mol.